The van der Waals surface area contributed by atoms with Crippen molar-refractivity contribution in [2.75, 3.05) is 19.0 Å². The number of aliphatic hydroxyl groups excluding tert-OH is 1. The van der Waals surface area contributed by atoms with Crippen molar-refractivity contribution in [1.82, 2.24) is 24.4 Å². The molecule has 0 spiro atoms. The lowest BCUT2D eigenvalue weighted by Gasteiger charge is -2.36. The van der Waals surface area contributed by atoms with E-state index >= 15 is 0 Å². The Morgan fingerprint density at radius 2 is 2.32 bits per heavy atom. The Bertz CT molecular complexity index is 1160. The quantitative estimate of drug-likeness (QED) is 0.383. The first-order valence-corrected chi connectivity index (χ1v) is 10.6. The molecular weight excluding hydrogens is 492 g/mol. The summed E-state index contributed by atoms with van der Waals surface area (Å²) in [6, 6.07) is 7.88. The van der Waals surface area contributed by atoms with Crippen molar-refractivity contribution in [2.45, 2.75) is 30.7 Å². The number of carbonyl (C=O) groups is 1. The van der Waals surface area contributed by atoms with Gasteiger partial charge in [-0.05, 0) is 29.3 Å². The molecule has 162 valence electrons. The smallest absolute Gasteiger partial charge is 0.226 e. The molecule has 2 N–H and O–H groups in total. The Hall–Kier alpha value is -2.31. The highest BCUT2D eigenvalue weighted by Gasteiger charge is 2.64. The second kappa shape index (κ2) is 7.68. The van der Waals surface area contributed by atoms with Crippen LogP contribution >= 0.6 is 27.5 Å². The molecule has 0 unspecified atom stereocenters. The van der Waals surface area contributed by atoms with E-state index in [-0.39, 0.29) is 11.9 Å². The Kier molecular flexibility index (Phi) is 5.10. The van der Waals surface area contributed by atoms with Gasteiger partial charge in [0.2, 0.25) is 11.7 Å². The number of aromatic nitrogens is 4. The molecule has 5 rings (SSSR count). The van der Waals surface area contributed by atoms with Crippen LogP contribution in [-0.4, -0.2) is 67.5 Å². The molecule has 2 fully saturated rings. The van der Waals surface area contributed by atoms with Crippen LogP contribution < -0.4 is 5.32 Å². The van der Waals surface area contributed by atoms with Crippen LogP contribution in [0.15, 0.2) is 35.1 Å². The molecule has 4 heterocycles. The van der Waals surface area contributed by atoms with E-state index in [1.165, 1.54) is 11.2 Å². The van der Waals surface area contributed by atoms with E-state index in [1.807, 2.05) is 24.3 Å². The molecule has 2 aliphatic heterocycles. The van der Waals surface area contributed by atoms with Gasteiger partial charge in [0.25, 0.3) is 0 Å². The van der Waals surface area contributed by atoms with Crippen LogP contribution in [0.5, 0.6) is 0 Å². The molecule has 2 aromatic heterocycles. The number of carbonyl (C=O) groups excluding carboxylic acids is 1. The molecule has 0 radical (unpaired) electrons. The first-order chi connectivity index (χ1) is 14.9. The second-order valence-electron chi connectivity index (χ2n) is 7.44. The summed E-state index contributed by atoms with van der Waals surface area (Å²) in [6.07, 6.45) is -0.300. The standard InChI is InChI=1S/C19H18BrClN6O4/c1-26(9-28)19-7-30-13(14(19)29)17(31-19)27-8-23-12-15(24-18(21)25-16(12)27)22-6-10-3-2-4-11(20)5-10/h2-5,8-9,13-14,17,29H,6-7H2,1H3,(H,22,24,25)/t13-,14+,17-,19-/m1/s1. The molecule has 10 nitrogen and oxygen atoms in total. The summed E-state index contributed by atoms with van der Waals surface area (Å²) in [5.41, 5.74) is 0.710. The fourth-order valence-corrected chi connectivity index (χ4v) is 4.61. The van der Waals surface area contributed by atoms with E-state index in [4.69, 9.17) is 21.1 Å². The van der Waals surface area contributed by atoms with Crippen molar-refractivity contribution >= 4 is 50.9 Å². The molecule has 4 atom stereocenters. The van der Waals surface area contributed by atoms with Crippen LogP contribution in [0.25, 0.3) is 11.2 Å². The number of ether oxygens (including phenoxy) is 2. The van der Waals surface area contributed by atoms with E-state index in [2.05, 4.69) is 36.2 Å². The van der Waals surface area contributed by atoms with Crippen LogP contribution in [0, 0.1) is 0 Å². The van der Waals surface area contributed by atoms with Crippen LogP contribution in [0.4, 0.5) is 5.82 Å². The minimum atomic E-state index is -1.26. The van der Waals surface area contributed by atoms with E-state index in [0.29, 0.717) is 29.9 Å². The molecule has 1 amide bonds. The molecule has 1 aromatic carbocycles. The summed E-state index contributed by atoms with van der Waals surface area (Å²) in [5.74, 6) is 0.470. The Labute approximate surface area is 190 Å². The number of aliphatic hydroxyl groups is 1. The number of hydrogen-bond donors (Lipinski definition) is 2. The van der Waals surface area contributed by atoms with Crippen molar-refractivity contribution in [1.29, 1.82) is 0 Å². The zero-order chi connectivity index (χ0) is 21.8. The second-order valence-corrected chi connectivity index (χ2v) is 8.69. The number of anilines is 1. The highest BCUT2D eigenvalue weighted by atomic mass is 79.9. The summed E-state index contributed by atoms with van der Waals surface area (Å²) < 4.78 is 14.4. The minimum Gasteiger partial charge on any atom is -0.385 e. The van der Waals surface area contributed by atoms with E-state index < -0.39 is 24.2 Å². The number of likely N-dealkylation sites (N-methyl/N-ethyl adjacent to an activating group) is 1. The van der Waals surface area contributed by atoms with Crippen LogP contribution in [0.2, 0.25) is 5.28 Å². The lowest BCUT2D eigenvalue weighted by Crippen LogP contribution is -2.53. The number of benzene rings is 1. The topological polar surface area (TPSA) is 115 Å². The molecule has 2 aliphatic rings. The maximum Gasteiger partial charge on any atom is 0.226 e. The highest BCUT2D eigenvalue weighted by Crippen LogP contribution is 2.46. The van der Waals surface area contributed by atoms with Gasteiger partial charge >= 0.3 is 0 Å². The number of hydrogen-bond acceptors (Lipinski definition) is 8. The average Bonchev–Trinajstić information content (AvgIpc) is 3.41. The van der Waals surface area contributed by atoms with Crippen LogP contribution in [0.3, 0.4) is 0 Å². The minimum absolute atomic E-state index is 0.0374. The fraction of sp³-hybridized carbons (Fsp3) is 0.368. The number of halogens is 2. The average molecular weight is 510 g/mol. The first-order valence-electron chi connectivity index (χ1n) is 9.47. The monoisotopic (exact) mass is 508 g/mol. The van der Waals surface area contributed by atoms with Crippen LogP contribution in [0.1, 0.15) is 11.8 Å². The van der Waals surface area contributed by atoms with E-state index in [1.54, 1.807) is 11.6 Å². The highest BCUT2D eigenvalue weighted by molar-refractivity contribution is 9.10. The van der Waals surface area contributed by atoms with Gasteiger partial charge in [-0.2, -0.15) is 9.97 Å². The third-order valence-corrected chi connectivity index (χ3v) is 6.30. The van der Waals surface area contributed by atoms with Gasteiger partial charge in [-0.15, -0.1) is 0 Å². The molecule has 0 aliphatic carbocycles. The molecule has 3 aromatic rings. The molecule has 2 bridgehead atoms. The lowest BCUT2D eigenvalue weighted by atomic mass is 10.1. The van der Waals surface area contributed by atoms with Gasteiger partial charge in [-0.1, -0.05) is 28.1 Å². The van der Waals surface area contributed by atoms with Gasteiger partial charge in [0.15, 0.2) is 28.9 Å². The number of nitrogens with zero attached hydrogens (tertiary/aromatic N) is 5. The summed E-state index contributed by atoms with van der Waals surface area (Å²) in [4.78, 5) is 25.6. The zero-order valence-electron chi connectivity index (χ0n) is 16.3. The maximum absolute atomic E-state index is 11.3. The van der Waals surface area contributed by atoms with Gasteiger partial charge in [-0.3, -0.25) is 9.36 Å². The summed E-state index contributed by atoms with van der Waals surface area (Å²) >= 11 is 9.65. The Morgan fingerprint density at radius 3 is 3.10 bits per heavy atom. The summed E-state index contributed by atoms with van der Waals surface area (Å²) in [5, 5.41) is 14.0. The van der Waals surface area contributed by atoms with Gasteiger partial charge < -0.3 is 24.8 Å². The number of nitrogens with one attached hydrogen (secondary N) is 1. The van der Waals surface area contributed by atoms with Crippen molar-refractivity contribution in [2.24, 2.45) is 0 Å². The van der Waals surface area contributed by atoms with Gasteiger partial charge in [-0.25, -0.2) is 4.98 Å². The molecule has 31 heavy (non-hydrogen) atoms. The van der Waals surface area contributed by atoms with Gasteiger partial charge in [0, 0.05) is 18.1 Å². The van der Waals surface area contributed by atoms with Gasteiger partial charge in [0.05, 0.1) is 12.9 Å². The third kappa shape index (κ3) is 3.28. The maximum atomic E-state index is 11.3. The van der Waals surface area contributed by atoms with Crippen molar-refractivity contribution in [3.63, 3.8) is 0 Å². The third-order valence-electron chi connectivity index (χ3n) is 5.63. The number of fused-ring (bicyclic) bond motifs is 3. The fourth-order valence-electron chi connectivity index (χ4n) is 4.00. The molecule has 0 saturated carbocycles. The van der Waals surface area contributed by atoms with E-state index in [0.717, 1.165) is 10.0 Å². The molecular formula is C19H18BrClN6O4. The number of imidazole rings is 1. The van der Waals surface area contributed by atoms with Crippen LogP contribution in [-0.2, 0) is 20.8 Å². The molecule has 2 saturated heterocycles. The summed E-state index contributed by atoms with van der Waals surface area (Å²) in [7, 11) is 1.54. The lowest BCUT2D eigenvalue weighted by molar-refractivity contribution is -0.222. The summed E-state index contributed by atoms with van der Waals surface area (Å²) in [6.45, 7) is 0.582. The SMILES string of the molecule is CN(C=O)[C@]12CO[C@@H]([C@H](n3cnc4c(NCc5cccc(Br)c5)nc(Cl)nc43)O1)[C@@H]2O. The molecule has 12 heteroatoms. The Balaban J connectivity index is 1.47. The largest absolute Gasteiger partial charge is 0.385 e. The van der Waals surface area contributed by atoms with Gasteiger partial charge in [0.1, 0.15) is 12.2 Å². The normalized spacial score (nSPS) is 27.0. The first kappa shape index (κ1) is 20.6. The number of rotatable bonds is 6. The van der Waals surface area contributed by atoms with Crippen molar-refractivity contribution < 1.29 is 19.4 Å². The number of amides is 1. The van der Waals surface area contributed by atoms with E-state index in [9.17, 15) is 9.90 Å². The van der Waals surface area contributed by atoms with Crippen molar-refractivity contribution in [3.05, 3.63) is 45.9 Å². The van der Waals surface area contributed by atoms with Crippen molar-refractivity contribution in [3.8, 4) is 0 Å². The predicted octanol–water partition coefficient (Wildman–Crippen LogP) is 1.93. The zero-order valence-corrected chi connectivity index (χ0v) is 18.6. The Morgan fingerprint density at radius 1 is 1.48 bits per heavy atom. The predicted molar refractivity (Wildman–Crippen MR) is 114 cm³/mol.